The lowest BCUT2D eigenvalue weighted by Crippen LogP contribution is -2.44. The van der Waals surface area contributed by atoms with Crippen LogP contribution < -0.4 is 21.1 Å². The lowest BCUT2D eigenvalue weighted by molar-refractivity contribution is -0.118. The zero-order chi connectivity index (χ0) is 25.5. The third kappa shape index (κ3) is 4.81. The molecule has 5 heterocycles. The van der Waals surface area contributed by atoms with Crippen LogP contribution in [0.2, 0.25) is 0 Å². The van der Waals surface area contributed by atoms with E-state index in [4.69, 9.17) is 4.98 Å². The first-order chi connectivity index (χ1) is 18.0. The number of nitrogens with zero attached hydrogens (tertiary/aromatic N) is 5. The normalized spacial score (nSPS) is 26.5. The summed E-state index contributed by atoms with van der Waals surface area (Å²) in [6, 6.07) is 4.68. The van der Waals surface area contributed by atoms with E-state index in [1.165, 1.54) is 11.3 Å². The molecule has 37 heavy (non-hydrogen) atoms. The minimum Gasteiger partial charge on any atom is -0.367 e. The van der Waals surface area contributed by atoms with Crippen LogP contribution in [0.3, 0.4) is 0 Å². The van der Waals surface area contributed by atoms with Gasteiger partial charge >= 0.3 is 0 Å². The van der Waals surface area contributed by atoms with Crippen molar-refractivity contribution in [3.05, 3.63) is 42.1 Å². The summed E-state index contributed by atoms with van der Waals surface area (Å²) >= 11 is 0. The monoisotopic (exact) mass is 503 g/mol. The van der Waals surface area contributed by atoms with Crippen LogP contribution in [-0.2, 0) is 4.79 Å². The maximum absolute atomic E-state index is 12.2. The van der Waals surface area contributed by atoms with Crippen LogP contribution in [0.5, 0.6) is 0 Å². The molecule has 4 atom stereocenters. The Hall–Kier alpha value is -3.08. The van der Waals surface area contributed by atoms with Crippen molar-refractivity contribution in [3.63, 3.8) is 0 Å². The van der Waals surface area contributed by atoms with Crippen LogP contribution in [0.25, 0.3) is 11.2 Å². The van der Waals surface area contributed by atoms with Crippen molar-refractivity contribution in [1.82, 2.24) is 35.7 Å². The Balaban J connectivity index is 1.22. The molecule has 196 valence electrons. The number of pyridine rings is 2. The predicted molar refractivity (Wildman–Crippen MR) is 144 cm³/mol. The molecule has 1 aliphatic carbocycles. The Morgan fingerprint density at radius 3 is 2.78 bits per heavy atom. The van der Waals surface area contributed by atoms with Crippen LogP contribution in [0.1, 0.15) is 56.5 Å². The minimum atomic E-state index is -0.0643. The van der Waals surface area contributed by atoms with Gasteiger partial charge < -0.3 is 20.1 Å². The molecule has 3 fully saturated rings. The molecule has 0 radical (unpaired) electrons. The number of nitrogens with one attached hydrogen (secondary N) is 4. The molecule has 4 unspecified atom stereocenters. The van der Waals surface area contributed by atoms with E-state index in [-0.39, 0.29) is 17.9 Å². The number of hydrazine groups is 1. The summed E-state index contributed by atoms with van der Waals surface area (Å²) in [6.07, 6.45) is 8.74. The second-order valence-electron chi connectivity index (χ2n) is 11.1. The fourth-order valence-electron chi connectivity index (χ4n) is 6.04. The summed E-state index contributed by atoms with van der Waals surface area (Å²) in [5.74, 6) is 1.67. The van der Waals surface area contributed by atoms with E-state index in [2.05, 4.69) is 60.1 Å². The van der Waals surface area contributed by atoms with Crippen molar-refractivity contribution in [2.45, 2.75) is 51.1 Å². The van der Waals surface area contributed by atoms with Crippen molar-refractivity contribution in [2.24, 2.45) is 11.8 Å². The summed E-state index contributed by atoms with van der Waals surface area (Å²) < 4.78 is 0. The SMILES string of the molecule is CC(C)C(=O)Nc1cncc(C2CCC3NNC(c4nc5nccc(N6CCN(C)CC6)c5[nH]4)C3C2)c1. The second-order valence-corrected chi connectivity index (χ2v) is 11.1. The Labute approximate surface area is 217 Å². The van der Waals surface area contributed by atoms with Gasteiger partial charge in [0.25, 0.3) is 0 Å². The number of imidazole rings is 1. The highest BCUT2D eigenvalue weighted by Crippen LogP contribution is 2.44. The Kier molecular flexibility index (Phi) is 6.56. The largest absolute Gasteiger partial charge is 0.367 e. The van der Waals surface area contributed by atoms with Gasteiger partial charge in [0.15, 0.2) is 5.65 Å². The number of carbonyl (C=O) groups is 1. The lowest BCUT2D eigenvalue weighted by atomic mass is 9.73. The van der Waals surface area contributed by atoms with Gasteiger partial charge in [0, 0.05) is 50.5 Å². The third-order valence-electron chi connectivity index (χ3n) is 8.30. The maximum atomic E-state index is 12.2. The number of anilines is 2. The third-order valence-corrected chi connectivity index (χ3v) is 8.30. The number of hydrogen-bond acceptors (Lipinski definition) is 8. The van der Waals surface area contributed by atoms with Gasteiger partial charge in [-0.05, 0) is 55.8 Å². The molecule has 0 bridgehead atoms. The van der Waals surface area contributed by atoms with Crippen molar-refractivity contribution >= 4 is 28.4 Å². The number of aromatic nitrogens is 4. The average molecular weight is 504 g/mol. The first-order valence-corrected chi connectivity index (χ1v) is 13.5. The fourth-order valence-corrected chi connectivity index (χ4v) is 6.04. The van der Waals surface area contributed by atoms with Crippen LogP contribution in [0.15, 0.2) is 30.7 Å². The van der Waals surface area contributed by atoms with Gasteiger partial charge in [0.2, 0.25) is 5.91 Å². The van der Waals surface area contributed by atoms with Gasteiger partial charge in [-0.25, -0.2) is 15.4 Å². The molecular formula is C27H37N9O. The van der Waals surface area contributed by atoms with Crippen molar-refractivity contribution in [1.29, 1.82) is 0 Å². The van der Waals surface area contributed by atoms with E-state index in [0.717, 1.165) is 68.1 Å². The molecule has 10 nitrogen and oxygen atoms in total. The summed E-state index contributed by atoms with van der Waals surface area (Å²) in [5.41, 5.74) is 12.0. The molecule has 3 aromatic heterocycles. The standard InChI is InChI=1S/C27H37N9O/c1-16(2)27(37)30-19-12-18(14-28-15-19)17-4-5-21-20(13-17)23(34-33-21)26-31-24-22(6-7-29-25(24)32-26)36-10-8-35(3)9-11-36/h6-7,12,14-17,20-21,23,33-34H,4-5,8-11,13H2,1-3H3,(H,30,37)(H,29,31,32). The predicted octanol–water partition coefficient (Wildman–Crippen LogP) is 2.80. The molecule has 4 N–H and O–H groups in total. The van der Waals surface area contributed by atoms with Gasteiger partial charge in [0.1, 0.15) is 11.3 Å². The van der Waals surface area contributed by atoms with E-state index in [9.17, 15) is 4.79 Å². The Bertz CT molecular complexity index is 1270. The molecule has 3 aromatic rings. The van der Waals surface area contributed by atoms with Gasteiger partial charge in [-0.1, -0.05) is 13.8 Å². The minimum absolute atomic E-state index is 0.0151. The Morgan fingerprint density at radius 2 is 1.97 bits per heavy atom. The average Bonchev–Trinajstić information content (AvgIpc) is 3.53. The van der Waals surface area contributed by atoms with Gasteiger partial charge in [-0.2, -0.15) is 0 Å². The summed E-state index contributed by atoms with van der Waals surface area (Å²) in [7, 11) is 2.18. The molecule has 0 spiro atoms. The number of H-pyrrole nitrogens is 1. The molecule has 1 amide bonds. The molecule has 0 aromatic carbocycles. The number of aromatic amines is 1. The second kappa shape index (κ2) is 10.00. The number of amides is 1. The molecular weight excluding hydrogens is 466 g/mol. The van der Waals surface area contributed by atoms with Crippen LogP contribution >= 0.6 is 0 Å². The molecule has 3 aliphatic rings. The summed E-state index contributed by atoms with van der Waals surface area (Å²) in [4.78, 5) is 34.6. The highest BCUT2D eigenvalue weighted by molar-refractivity contribution is 5.92. The van der Waals surface area contributed by atoms with Gasteiger partial charge in [0.05, 0.1) is 23.6 Å². The quantitative estimate of drug-likeness (QED) is 0.420. The molecule has 1 saturated carbocycles. The fraction of sp³-hybridized carbons (Fsp3) is 0.556. The van der Waals surface area contributed by atoms with Crippen LogP contribution in [0.4, 0.5) is 11.4 Å². The zero-order valence-electron chi connectivity index (χ0n) is 21.9. The topological polar surface area (TPSA) is 114 Å². The lowest BCUT2D eigenvalue weighted by Gasteiger charge is -2.34. The van der Waals surface area contributed by atoms with Crippen molar-refractivity contribution in [2.75, 3.05) is 43.4 Å². The number of hydrogen-bond donors (Lipinski definition) is 4. The number of piperazine rings is 1. The van der Waals surface area contributed by atoms with Crippen LogP contribution in [0, 0.1) is 11.8 Å². The van der Waals surface area contributed by atoms with Crippen molar-refractivity contribution < 1.29 is 4.79 Å². The summed E-state index contributed by atoms with van der Waals surface area (Å²) in [6.45, 7) is 7.92. The number of carbonyl (C=O) groups excluding carboxylic acids is 1. The van der Waals surface area contributed by atoms with E-state index >= 15 is 0 Å². The smallest absolute Gasteiger partial charge is 0.226 e. The summed E-state index contributed by atoms with van der Waals surface area (Å²) in [5, 5.41) is 3.00. The van der Waals surface area contributed by atoms with Gasteiger partial charge in [-0.3, -0.25) is 15.2 Å². The van der Waals surface area contributed by atoms with E-state index < -0.39 is 0 Å². The number of fused-ring (bicyclic) bond motifs is 2. The number of likely N-dealkylation sites (N-methyl/N-ethyl adjacent to an activating group) is 1. The molecule has 10 heteroatoms. The van der Waals surface area contributed by atoms with E-state index in [1.807, 2.05) is 26.2 Å². The highest BCUT2D eigenvalue weighted by Gasteiger charge is 2.43. The van der Waals surface area contributed by atoms with E-state index in [1.54, 1.807) is 6.20 Å². The van der Waals surface area contributed by atoms with Crippen molar-refractivity contribution in [3.8, 4) is 0 Å². The first-order valence-electron chi connectivity index (χ1n) is 13.5. The molecule has 2 aliphatic heterocycles. The molecule has 6 rings (SSSR count). The van der Waals surface area contributed by atoms with E-state index in [0.29, 0.717) is 17.9 Å². The van der Waals surface area contributed by atoms with Gasteiger partial charge in [-0.15, -0.1) is 0 Å². The zero-order valence-corrected chi connectivity index (χ0v) is 21.9. The highest BCUT2D eigenvalue weighted by atomic mass is 16.1. The van der Waals surface area contributed by atoms with Crippen LogP contribution in [-0.4, -0.2) is 70.0 Å². The molecule has 2 saturated heterocycles. The maximum Gasteiger partial charge on any atom is 0.226 e. The Morgan fingerprint density at radius 1 is 1.14 bits per heavy atom. The number of rotatable bonds is 5. The first kappa shape index (κ1) is 24.3.